The fourth-order valence-electron chi connectivity index (χ4n) is 2.16. The number of hydrogen-bond donors (Lipinski definition) is 1. The number of nitriles is 1. The van der Waals surface area contributed by atoms with Crippen molar-refractivity contribution in [3.8, 4) is 6.07 Å². The smallest absolute Gasteiger partial charge is 0.140 e. The molecule has 3 heteroatoms. The van der Waals surface area contributed by atoms with Crippen molar-refractivity contribution in [3.05, 3.63) is 63.6 Å². The van der Waals surface area contributed by atoms with Crippen LogP contribution in [0.5, 0.6) is 0 Å². The second-order valence-electron chi connectivity index (χ2n) is 4.52. The molecule has 0 fully saturated rings. The van der Waals surface area contributed by atoms with Crippen LogP contribution in [0.4, 0.5) is 5.69 Å². The van der Waals surface area contributed by atoms with Crippen LogP contribution in [0.25, 0.3) is 0 Å². The summed E-state index contributed by atoms with van der Waals surface area (Å²) in [6.07, 6.45) is 0. The Morgan fingerprint density at radius 2 is 1.63 bits per heavy atom. The van der Waals surface area contributed by atoms with Crippen LogP contribution in [0.2, 0.25) is 0 Å². The first-order chi connectivity index (χ1) is 9.11. The Hall–Kier alpha value is -1.79. The molecule has 0 aliphatic carbocycles. The molecule has 0 spiro atoms. The molecule has 0 saturated carbocycles. The maximum Gasteiger partial charge on any atom is 0.140 e. The largest absolute Gasteiger partial charge is 0.366 e. The lowest BCUT2D eigenvalue weighted by atomic mass is 9.96. The standard InChI is InChI=1S/C16H15BrN2/c1-11-4-3-5-12(2)16(11)15(10-18)19-14-8-6-13(17)7-9-14/h3-9,15,19H,1-2H3. The SMILES string of the molecule is Cc1cccc(C)c1C(C#N)Nc1ccc(Br)cc1. The molecule has 96 valence electrons. The minimum absolute atomic E-state index is 0.331. The molecule has 0 radical (unpaired) electrons. The van der Waals surface area contributed by atoms with E-state index in [2.05, 4.69) is 27.3 Å². The summed E-state index contributed by atoms with van der Waals surface area (Å²) >= 11 is 3.40. The Kier molecular flexibility index (Phi) is 4.24. The lowest BCUT2D eigenvalue weighted by Gasteiger charge is -2.18. The highest BCUT2D eigenvalue weighted by molar-refractivity contribution is 9.10. The summed E-state index contributed by atoms with van der Waals surface area (Å²) in [4.78, 5) is 0. The average Bonchev–Trinajstić information content (AvgIpc) is 2.39. The number of halogens is 1. The Bertz CT molecular complexity index is 591. The van der Waals surface area contributed by atoms with Gasteiger partial charge in [-0.3, -0.25) is 0 Å². The normalized spacial score (nSPS) is 11.7. The Morgan fingerprint density at radius 1 is 1.05 bits per heavy atom. The maximum atomic E-state index is 9.42. The van der Waals surface area contributed by atoms with Crippen molar-refractivity contribution in [3.63, 3.8) is 0 Å². The van der Waals surface area contributed by atoms with Crippen molar-refractivity contribution in [1.82, 2.24) is 0 Å². The van der Waals surface area contributed by atoms with Crippen molar-refractivity contribution in [1.29, 1.82) is 5.26 Å². The van der Waals surface area contributed by atoms with E-state index in [0.717, 1.165) is 26.9 Å². The predicted octanol–water partition coefficient (Wildman–Crippen LogP) is 4.74. The molecule has 0 amide bonds. The van der Waals surface area contributed by atoms with Crippen LogP contribution < -0.4 is 5.32 Å². The highest BCUT2D eigenvalue weighted by atomic mass is 79.9. The van der Waals surface area contributed by atoms with Crippen LogP contribution in [-0.4, -0.2) is 0 Å². The van der Waals surface area contributed by atoms with E-state index in [1.54, 1.807) is 0 Å². The molecular weight excluding hydrogens is 300 g/mol. The third-order valence-corrected chi connectivity index (χ3v) is 3.64. The number of rotatable bonds is 3. The van der Waals surface area contributed by atoms with Gasteiger partial charge >= 0.3 is 0 Å². The third-order valence-electron chi connectivity index (χ3n) is 3.12. The summed E-state index contributed by atoms with van der Waals surface area (Å²) in [5.41, 5.74) is 4.28. The van der Waals surface area contributed by atoms with Gasteiger partial charge in [0.15, 0.2) is 0 Å². The highest BCUT2D eigenvalue weighted by Gasteiger charge is 2.15. The van der Waals surface area contributed by atoms with Gasteiger partial charge in [-0.05, 0) is 54.8 Å². The van der Waals surface area contributed by atoms with E-state index in [1.807, 2.05) is 56.3 Å². The summed E-state index contributed by atoms with van der Waals surface area (Å²) < 4.78 is 1.03. The number of hydrogen-bond acceptors (Lipinski definition) is 2. The van der Waals surface area contributed by atoms with Crippen molar-refractivity contribution in [2.45, 2.75) is 19.9 Å². The van der Waals surface area contributed by atoms with Gasteiger partial charge in [0.2, 0.25) is 0 Å². The van der Waals surface area contributed by atoms with Gasteiger partial charge in [-0.2, -0.15) is 5.26 Å². The van der Waals surface area contributed by atoms with E-state index in [4.69, 9.17) is 0 Å². The predicted molar refractivity (Wildman–Crippen MR) is 82.0 cm³/mol. The number of anilines is 1. The zero-order valence-electron chi connectivity index (χ0n) is 10.9. The third kappa shape index (κ3) is 3.15. The number of aryl methyl sites for hydroxylation is 2. The molecule has 2 aromatic carbocycles. The van der Waals surface area contributed by atoms with Gasteiger partial charge in [-0.15, -0.1) is 0 Å². The number of benzene rings is 2. The zero-order valence-corrected chi connectivity index (χ0v) is 12.5. The minimum Gasteiger partial charge on any atom is -0.366 e. The van der Waals surface area contributed by atoms with Crippen LogP contribution in [0.3, 0.4) is 0 Å². The van der Waals surface area contributed by atoms with E-state index >= 15 is 0 Å². The Labute approximate surface area is 122 Å². The maximum absolute atomic E-state index is 9.42. The minimum atomic E-state index is -0.331. The van der Waals surface area contributed by atoms with Crippen LogP contribution in [0.1, 0.15) is 22.7 Å². The van der Waals surface area contributed by atoms with Gasteiger partial charge in [0, 0.05) is 10.2 Å². The van der Waals surface area contributed by atoms with Gasteiger partial charge in [0.05, 0.1) is 6.07 Å². The molecule has 0 aliphatic heterocycles. The van der Waals surface area contributed by atoms with Crippen molar-refractivity contribution in [2.24, 2.45) is 0 Å². The lowest BCUT2D eigenvalue weighted by Crippen LogP contribution is -2.11. The summed E-state index contributed by atoms with van der Waals surface area (Å²) in [7, 11) is 0. The fourth-order valence-corrected chi connectivity index (χ4v) is 2.43. The summed E-state index contributed by atoms with van der Waals surface area (Å²) in [5.74, 6) is 0. The van der Waals surface area contributed by atoms with Crippen LogP contribution in [0.15, 0.2) is 46.9 Å². The Balaban J connectivity index is 2.31. The topological polar surface area (TPSA) is 35.8 Å². The first-order valence-corrected chi connectivity index (χ1v) is 6.89. The van der Waals surface area contributed by atoms with Crippen molar-refractivity contribution in [2.75, 3.05) is 5.32 Å². The monoisotopic (exact) mass is 314 g/mol. The van der Waals surface area contributed by atoms with Crippen LogP contribution >= 0.6 is 15.9 Å². The van der Waals surface area contributed by atoms with Gasteiger partial charge in [-0.25, -0.2) is 0 Å². The quantitative estimate of drug-likeness (QED) is 0.888. The van der Waals surface area contributed by atoms with Gasteiger partial charge < -0.3 is 5.32 Å². The molecular formula is C16H15BrN2. The summed E-state index contributed by atoms with van der Waals surface area (Å²) in [5, 5.41) is 12.7. The molecule has 0 bridgehead atoms. The molecule has 1 atom stereocenters. The van der Waals surface area contributed by atoms with Crippen LogP contribution in [0, 0.1) is 25.2 Å². The molecule has 0 heterocycles. The molecule has 0 saturated heterocycles. The van der Waals surface area contributed by atoms with E-state index in [1.165, 1.54) is 0 Å². The zero-order chi connectivity index (χ0) is 13.8. The molecule has 0 aromatic heterocycles. The van der Waals surface area contributed by atoms with Crippen molar-refractivity contribution >= 4 is 21.6 Å². The van der Waals surface area contributed by atoms with E-state index in [-0.39, 0.29) is 6.04 Å². The second kappa shape index (κ2) is 5.90. The van der Waals surface area contributed by atoms with E-state index in [9.17, 15) is 5.26 Å². The Morgan fingerprint density at radius 3 is 2.16 bits per heavy atom. The van der Waals surface area contributed by atoms with Gasteiger partial charge in [-0.1, -0.05) is 34.1 Å². The highest BCUT2D eigenvalue weighted by Crippen LogP contribution is 2.25. The van der Waals surface area contributed by atoms with Gasteiger partial charge in [0.1, 0.15) is 6.04 Å². The summed E-state index contributed by atoms with van der Waals surface area (Å²) in [6, 6.07) is 15.9. The number of nitrogens with one attached hydrogen (secondary N) is 1. The molecule has 2 rings (SSSR count). The second-order valence-corrected chi connectivity index (χ2v) is 5.43. The molecule has 19 heavy (non-hydrogen) atoms. The first-order valence-electron chi connectivity index (χ1n) is 6.09. The lowest BCUT2D eigenvalue weighted by molar-refractivity contribution is 0.965. The average molecular weight is 315 g/mol. The summed E-state index contributed by atoms with van der Waals surface area (Å²) in [6.45, 7) is 4.08. The first kappa shape index (κ1) is 13.6. The van der Waals surface area contributed by atoms with Gasteiger partial charge in [0.25, 0.3) is 0 Å². The molecule has 2 aromatic rings. The molecule has 1 unspecified atom stereocenters. The molecule has 0 aliphatic rings. The fraction of sp³-hybridized carbons (Fsp3) is 0.188. The van der Waals surface area contributed by atoms with E-state index < -0.39 is 0 Å². The molecule has 1 N–H and O–H groups in total. The molecule has 2 nitrogen and oxygen atoms in total. The van der Waals surface area contributed by atoms with Crippen LogP contribution in [-0.2, 0) is 0 Å². The van der Waals surface area contributed by atoms with E-state index in [0.29, 0.717) is 0 Å². The van der Waals surface area contributed by atoms with Crippen molar-refractivity contribution < 1.29 is 0 Å². The number of nitrogens with zero attached hydrogens (tertiary/aromatic N) is 1.